The molecule has 2 rings (SSSR count). The molecule has 0 unspecified atom stereocenters. The third-order valence-corrected chi connectivity index (χ3v) is 3.51. The zero-order valence-electron chi connectivity index (χ0n) is 11.2. The van der Waals surface area contributed by atoms with Crippen LogP contribution in [0.3, 0.4) is 0 Å². The van der Waals surface area contributed by atoms with E-state index < -0.39 is 0 Å². The molecule has 1 aliphatic rings. The van der Waals surface area contributed by atoms with Gasteiger partial charge in [-0.2, -0.15) is 0 Å². The van der Waals surface area contributed by atoms with Gasteiger partial charge in [-0.3, -0.25) is 14.7 Å². The SMILES string of the molecule is C=CCNC(=O)C1CCN(Cc2cccnc2)CC1. The molecule has 0 spiro atoms. The summed E-state index contributed by atoms with van der Waals surface area (Å²) in [5, 5.41) is 2.88. The molecule has 4 nitrogen and oxygen atoms in total. The standard InChI is InChI=1S/C15H21N3O/c1-2-7-17-15(19)14-5-9-18(10-6-14)12-13-4-3-8-16-11-13/h2-4,8,11,14H,1,5-7,9-10,12H2,(H,17,19). The van der Waals surface area contributed by atoms with Gasteiger partial charge in [0, 0.05) is 31.4 Å². The highest BCUT2D eigenvalue weighted by atomic mass is 16.1. The Morgan fingerprint density at radius 1 is 1.53 bits per heavy atom. The summed E-state index contributed by atoms with van der Waals surface area (Å²) in [4.78, 5) is 18.3. The Hall–Kier alpha value is -1.68. The molecular weight excluding hydrogens is 238 g/mol. The van der Waals surface area contributed by atoms with Gasteiger partial charge in [-0.25, -0.2) is 0 Å². The number of hydrogen-bond donors (Lipinski definition) is 1. The van der Waals surface area contributed by atoms with Crippen molar-refractivity contribution < 1.29 is 4.79 Å². The molecule has 0 atom stereocenters. The van der Waals surface area contributed by atoms with E-state index in [1.54, 1.807) is 12.3 Å². The van der Waals surface area contributed by atoms with E-state index in [4.69, 9.17) is 0 Å². The monoisotopic (exact) mass is 259 g/mol. The molecule has 1 fully saturated rings. The van der Waals surface area contributed by atoms with Crippen molar-refractivity contribution in [1.82, 2.24) is 15.2 Å². The zero-order chi connectivity index (χ0) is 13.5. The second kappa shape index (κ2) is 7.04. The molecule has 0 aromatic carbocycles. The van der Waals surface area contributed by atoms with Crippen LogP contribution < -0.4 is 5.32 Å². The van der Waals surface area contributed by atoms with Crippen LogP contribution in [0.1, 0.15) is 18.4 Å². The van der Waals surface area contributed by atoms with Crippen LogP contribution in [0.2, 0.25) is 0 Å². The van der Waals surface area contributed by atoms with Crippen molar-refractivity contribution in [2.45, 2.75) is 19.4 Å². The molecule has 1 amide bonds. The smallest absolute Gasteiger partial charge is 0.223 e. The molecule has 1 N–H and O–H groups in total. The van der Waals surface area contributed by atoms with Gasteiger partial charge < -0.3 is 5.32 Å². The fourth-order valence-corrected chi connectivity index (χ4v) is 2.42. The number of aromatic nitrogens is 1. The van der Waals surface area contributed by atoms with Crippen LogP contribution in [0.4, 0.5) is 0 Å². The maximum absolute atomic E-state index is 11.8. The number of carbonyl (C=O) groups is 1. The lowest BCUT2D eigenvalue weighted by Gasteiger charge is -2.31. The predicted molar refractivity (Wildman–Crippen MR) is 75.4 cm³/mol. The lowest BCUT2D eigenvalue weighted by molar-refractivity contribution is -0.126. The van der Waals surface area contributed by atoms with Crippen LogP contribution in [0.25, 0.3) is 0 Å². The molecule has 0 aliphatic carbocycles. The van der Waals surface area contributed by atoms with Crippen LogP contribution in [-0.2, 0) is 11.3 Å². The van der Waals surface area contributed by atoms with Crippen molar-refractivity contribution in [3.8, 4) is 0 Å². The van der Waals surface area contributed by atoms with E-state index in [0.29, 0.717) is 6.54 Å². The molecule has 1 aliphatic heterocycles. The van der Waals surface area contributed by atoms with Gasteiger partial charge in [-0.1, -0.05) is 12.1 Å². The number of rotatable bonds is 5. The first-order chi connectivity index (χ1) is 9.29. The number of likely N-dealkylation sites (tertiary alicyclic amines) is 1. The minimum atomic E-state index is 0.157. The fourth-order valence-electron chi connectivity index (χ4n) is 2.42. The normalized spacial score (nSPS) is 17.1. The summed E-state index contributed by atoms with van der Waals surface area (Å²) in [5.74, 6) is 0.325. The van der Waals surface area contributed by atoms with Gasteiger partial charge >= 0.3 is 0 Å². The lowest BCUT2D eigenvalue weighted by atomic mass is 9.95. The summed E-state index contributed by atoms with van der Waals surface area (Å²) < 4.78 is 0. The van der Waals surface area contributed by atoms with Crippen molar-refractivity contribution >= 4 is 5.91 Å². The highest BCUT2D eigenvalue weighted by Gasteiger charge is 2.24. The number of carbonyl (C=O) groups excluding carboxylic acids is 1. The Labute approximate surface area is 114 Å². The maximum atomic E-state index is 11.8. The molecule has 4 heteroatoms. The second-order valence-electron chi connectivity index (χ2n) is 4.95. The Bertz CT molecular complexity index is 411. The van der Waals surface area contributed by atoms with E-state index in [1.165, 1.54) is 5.56 Å². The quantitative estimate of drug-likeness (QED) is 0.817. The van der Waals surface area contributed by atoms with Crippen molar-refractivity contribution in [3.63, 3.8) is 0 Å². The topological polar surface area (TPSA) is 45.2 Å². The first kappa shape index (κ1) is 13.7. The van der Waals surface area contributed by atoms with Gasteiger partial charge in [-0.15, -0.1) is 6.58 Å². The van der Waals surface area contributed by atoms with Gasteiger partial charge in [0.05, 0.1) is 0 Å². The molecule has 0 bridgehead atoms. The van der Waals surface area contributed by atoms with Crippen molar-refractivity contribution in [3.05, 3.63) is 42.7 Å². The maximum Gasteiger partial charge on any atom is 0.223 e. The largest absolute Gasteiger partial charge is 0.352 e. The minimum Gasteiger partial charge on any atom is -0.352 e. The van der Waals surface area contributed by atoms with E-state index in [-0.39, 0.29) is 11.8 Å². The average molecular weight is 259 g/mol. The molecule has 2 heterocycles. The Morgan fingerprint density at radius 3 is 2.95 bits per heavy atom. The number of hydrogen-bond acceptors (Lipinski definition) is 3. The van der Waals surface area contributed by atoms with Gasteiger partial charge in [-0.05, 0) is 37.6 Å². The molecule has 19 heavy (non-hydrogen) atoms. The summed E-state index contributed by atoms with van der Waals surface area (Å²) in [7, 11) is 0. The average Bonchev–Trinajstić information content (AvgIpc) is 2.46. The zero-order valence-corrected chi connectivity index (χ0v) is 11.2. The fraction of sp³-hybridized carbons (Fsp3) is 0.467. The highest BCUT2D eigenvalue weighted by molar-refractivity contribution is 5.78. The van der Waals surface area contributed by atoms with Crippen molar-refractivity contribution in [2.24, 2.45) is 5.92 Å². The Morgan fingerprint density at radius 2 is 2.32 bits per heavy atom. The number of pyridine rings is 1. The number of amides is 1. The number of piperidine rings is 1. The summed E-state index contributed by atoms with van der Waals surface area (Å²) >= 11 is 0. The first-order valence-electron chi connectivity index (χ1n) is 6.79. The third-order valence-electron chi connectivity index (χ3n) is 3.51. The van der Waals surface area contributed by atoms with E-state index in [9.17, 15) is 4.79 Å². The molecule has 0 radical (unpaired) electrons. The molecular formula is C15H21N3O. The predicted octanol–water partition coefficient (Wildman–Crippen LogP) is 1.60. The van der Waals surface area contributed by atoms with Crippen LogP contribution in [0.15, 0.2) is 37.2 Å². The highest BCUT2D eigenvalue weighted by Crippen LogP contribution is 2.18. The van der Waals surface area contributed by atoms with E-state index in [1.807, 2.05) is 12.3 Å². The van der Waals surface area contributed by atoms with Crippen LogP contribution in [-0.4, -0.2) is 35.4 Å². The Kier molecular flexibility index (Phi) is 5.10. The molecule has 1 saturated heterocycles. The van der Waals surface area contributed by atoms with Gasteiger partial charge in [0.2, 0.25) is 5.91 Å². The molecule has 1 aromatic heterocycles. The van der Waals surface area contributed by atoms with Gasteiger partial charge in [0.25, 0.3) is 0 Å². The molecule has 0 saturated carbocycles. The van der Waals surface area contributed by atoms with Crippen LogP contribution in [0, 0.1) is 5.92 Å². The van der Waals surface area contributed by atoms with Gasteiger partial charge in [0.1, 0.15) is 0 Å². The minimum absolute atomic E-state index is 0.157. The summed E-state index contributed by atoms with van der Waals surface area (Å²) in [6.07, 6.45) is 7.28. The van der Waals surface area contributed by atoms with E-state index >= 15 is 0 Å². The third kappa shape index (κ3) is 4.17. The number of nitrogens with one attached hydrogen (secondary N) is 1. The van der Waals surface area contributed by atoms with E-state index in [2.05, 4.69) is 27.8 Å². The van der Waals surface area contributed by atoms with E-state index in [0.717, 1.165) is 32.5 Å². The lowest BCUT2D eigenvalue weighted by Crippen LogP contribution is -2.40. The van der Waals surface area contributed by atoms with Crippen molar-refractivity contribution in [1.29, 1.82) is 0 Å². The first-order valence-corrected chi connectivity index (χ1v) is 6.79. The summed E-state index contributed by atoms with van der Waals surface area (Å²) in [6.45, 7) is 7.04. The van der Waals surface area contributed by atoms with Crippen LogP contribution >= 0.6 is 0 Å². The summed E-state index contributed by atoms with van der Waals surface area (Å²) in [5.41, 5.74) is 1.23. The van der Waals surface area contributed by atoms with Gasteiger partial charge in [0.15, 0.2) is 0 Å². The second-order valence-corrected chi connectivity index (χ2v) is 4.95. The number of nitrogens with zero attached hydrogens (tertiary/aromatic N) is 2. The molecule has 1 aromatic rings. The van der Waals surface area contributed by atoms with Crippen molar-refractivity contribution in [2.75, 3.05) is 19.6 Å². The van der Waals surface area contributed by atoms with Crippen LogP contribution in [0.5, 0.6) is 0 Å². The summed E-state index contributed by atoms with van der Waals surface area (Å²) in [6, 6.07) is 4.06. The Balaban J connectivity index is 1.76. The molecule has 102 valence electrons.